The van der Waals surface area contributed by atoms with Crippen molar-refractivity contribution in [3.05, 3.63) is 23.8 Å². The molecule has 1 N–H and O–H groups in total. The lowest BCUT2D eigenvalue weighted by molar-refractivity contribution is 0.0942. The number of ether oxygens (including phenoxy) is 2. The summed E-state index contributed by atoms with van der Waals surface area (Å²) in [6.45, 7) is 3.57. The Morgan fingerprint density at radius 2 is 2.21 bits per heavy atom. The topological polar surface area (TPSA) is 47.6 Å². The number of fused-ring (bicyclic) bond motifs is 1. The molecule has 0 saturated heterocycles. The van der Waals surface area contributed by atoms with Gasteiger partial charge in [0, 0.05) is 11.9 Å². The predicted octanol–water partition coefficient (Wildman–Crippen LogP) is 2.60. The molecule has 0 fully saturated rings. The van der Waals surface area contributed by atoms with Crippen LogP contribution in [0.1, 0.15) is 30.1 Å². The minimum Gasteiger partial charge on any atom is -0.486 e. The first kappa shape index (κ1) is 14.0. The SMILES string of the molecule is CCC(Cl)CCNC(=O)c1cccc2c1OCCO2. The predicted molar refractivity (Wildman–Crippen MR) is 74.3 cm³/mol. The third-order valence-electron chi connectivity index (χ3n) is 3.00. The highest BCUT2D eigenvalue weighted by Crippen LogP contribution is 2.33. The summed E-state index contributed by atoms with van der Waals surface area (Å²) in [4.78, 5) is 12.1. The number of alkyl halides is 1. The molecule has 0 bridgehead atoms. The molecule has 1 heterocycles. The molecule has 5 heteroatoms. The van der Waals surface area contributed by atoms with Crippen LogP contribution in [0.15, 0.2) is 18.2 Å². The van der Waals surface area contributed by atoms with Crippen LogP contribution in [0.25, 0.3) is 0 Å². The van der Waals surface area contributed by atoms with Crippen LogP contribution in [-0.2, 0) is 0 Å². The summed E-state index contributed by atoms with van der Waals surface area (Å²) in [7, 11) is 0. The monoisotopic (exact) mass is 283 g/mol. The Kier molecular flexibility index (Phi) is 4.91. The lowest BCUT2D eigenvalue weighted by Gasteiger charge is -2.20. The fourth-order valence-corrected chi connectivity index (χ4v) is 2.00. The zero-order valence-corrected chi connectivity index (χ0v) is 11.7. The molecule has 1 amide bonds. The van der Waals surface area contributed by atoms with Crippen LogP contribution >= 0.6 is 11.6 Å². The van der Waals surface area contributed by atoms with E-state index in [4.69, 9.17) is 21.1 Å². The highest BCUT2D eigenvalue weighted by atomic mass is 35.5. The molecule has 19 heavy (non-hydrogen) atoms. The van der Waals surface area contributed by atoms with E-state index in [0.717, 1.165) is 12.8 Å². The molecule has 0 aromatic heterocycles. The van der Waals surface area contributed by atoms with Crippen molar-refractivity contribution in [1.82, 2.24) is 5.32 Å². The minimum atomic E-state index is -0.151. The molecular formula is C14H18ClNO3. The minimum absolute atomic E-state index is 0.101. The molecule has 0 aliphatic carbocycles. The van der Waals surface area contributed by atoms with Crippen LogP contribution in [0.4, 0.5) is 0 Å². The molecule has 0 radical (unpaired) electrons. The molecule has 1 unspecified atom stereocenters. The Hall–Kier alpha value is -1.42. The quantitative estimate of drug-likeness (QED) is 0.845. The summed E-state index contributed by atoms with van der Waals surface area (Å²) in [5.74, 6) is 1.01. The zero-order chi connectivity index (χ0) is 13.7. The van der Waals surface area contributed by atoms with Gasteiger partial charge in [-0.25, -0.2) is 0 Å². The number of hydrogen-bond donors (Lipinski definition) is 1. The molecule has 1 aliphatic heterocycles. The number of carbonyl (C=O) groups is 1. The van der Waals surface area contributed by atoms with Crippen LogP contribution in [0.3, 0.4) is 0 Å². The van der Waals surface area contributed by atoms with Gasteiger partial charge in [-0.1, -0.05) is 13.0 Å². The van der Waals surface area contributed by atoms with Crippen molar-refractivity contribution in [3.63, 3.8) is 0 Å². The van der Waals surface area contributed by atoms with Crippen molar-refractivity contribution < 1.29 is 14.3 Å². The third kappa shape index (κ3) is 3.53. The highest BCUT2D eigenvalue weighted by molar-refractivity contribution is 6.20. The van der Waals surface area contributed by atoms with E-state index in [2.05, 4.69) is 5.32 Å². The van der Waals surface area contributed by atoms with E-state index < -0.39 is 0 Å². The molecule has 0 saturated carbocycles. The van der Waals surface area contributed by atoms with Gasteiger partial charge in [-0.2, -0.15) is 0 Å². The number of hydrogen-bond acceptors (Lipinski definition) is 3. The van der Waals surface area contributed by atoms with E-state index >= 15 is 0 Å². The maximum Gasteiger partial charge on any atom is 0.255 e. The van der Waals surface area contributed by atoms with Crippen LogP contribution in [0.2, 0.25) is 0 Å². The molecule has 4 nitrogen and oxygen atoms in total. The second-order valence-electron chi connectivity index (χ2n) is 4.38. The summed E-state index contributed by atoms with van der Waals surface area (Å²) >= 11 is 6.01. The van der Waals surface area contributed by atoms with E-state index in [1.165, 1.54) is 0 Å². The lowest BCUT2D eigenvalue weighted by Crippen LogP contribution is -2.27. The Labute approximate surface area is 118 Å². The third-order valence-corrected chi connectivity index (χ3v) is 3.52. The van der Waals surface area contributed by atoms with Gasteiger partial charge in [0.25, 0.3) is 5.91 Å². The molecule has 1 aromatic carbocycles. The van der Waals surface area contributed by atoms with E-state index in [1.807, 2.05) is 6.92 Å². The molecule has 104 valence electrons. The molecular weight excluding hydrogens is 266 g/mol. The van der Waals surface area contributed by atoms with Crippen LogP contribution in [0.5, 0.6) is 11.5 Å². The number of rotatable bonds is 5. The van der Waals surface area contributed by atoms with Crippen molar-refractivity contribution in [3.8, 4) is 11.5 Å². The van der Waals surface area contributed by atoms with Crippen molar-refractivity contribution in [2.75, 3.05) is 19.8 Å². The molecule has 1 atom stereocenters. The molecule has 2 rings (SSSR count). The van der Waals surface area contributed by atoms with Crippen molar-refractivity contribution in [2.45, 2.75) is 25.1 Å². The van der Waals surface area contributed by atoms with Gasteiger partial charge in [-0.15, -0.1) is 11.6 Å². The standard InChI is InChI=1S/C14H18ClNO3/c1-2-10(15)6-7-16-14(17)11-4-3-5-12-13(11)19-9-8-18-12/h3-5,10H,2,6-9H2,1H3,(H,16,17). The Morgan fingerprint density at radius 1 is 1.42 bits per heavy atom. The summed E-state index contributed by atoms with van der Waals surface area (Å²) in [5.41, 5.74) is 0.514. The summed E-state index contributed by atoms with van der Waals surface area (Å²) < 4.78 is 11.0. The maximum absolute atomic E-state index is 12.1. The first-order valence-corrected chi connectivity index (χ1v) is 6.97. The fourth-order valence-electron chi connectivity index (χ4n) is 1.89. The second kappa shape index (κ2) is 6.66. The maximum atomic E-state index is 12.1. The van der Waals surface area contributed by atoms with Crippen LogP contribution in [-0.4, -0.2) is 31.0 Å². The molecule has 0 spiro atoms. The Morgan fingerprint density at radius 3 is 3.00 bits per heavy atom. The Balaban J connectivity index is 1.99. The van der Waals surface area contributed by atoms with Gasteiger partial charge in [0.05, 0.1) is 5.56 Å². The number of nitrogens with one attached hydrogen (secondary N) is 1. The molecule has 1 aromatic rings. The largest absolute Gasteiger partial charge is 0.486 e. The fraction of sp³-hybridized carbons (Fsp3) is 0.500. The number of para-hydroxylation sites is 1. The van der Waals surface area contributed by atoms with Gasteiger partial charge < -0.3 is 14.8 Å². The van der Waals surface area contributed by atoms with Crippen LogP contribution in [0, 0.1) is 0 Å². The van der Waals surface area contributed by atoms with Gasteiger partial charge in [-0.3, -0.25) is 4.79 Å². The number of halogens is 1. The number of amides is 1. The summed E-state index contributed by atoms with van der Waals surface area (Å²) in [6, 6.07) is 5.33. The first-order chi connectivity index (χ1) is 9.22. The number of benzene rings is 1. The van der Waals surface area contributed by atoms with Crippen molar-refractivity contribution in [1.29, 1.82) is 0 Å². The van der Waals surface area contributed by atoms with E-state index in [0.29, 0.717) is 36.8 Å². The van der Waals surface area contributed by atoms with E-state index in [-0.39, 0.29) is 11.3 Å². The molecule has 1 aliphatic rings. The normalized spacial score (nSPS) is 14.8. The van der Waals surface area contributed by atoms with E-state index in [9.17, 15) is 4.79 Å². The van der Waals surface area contributed by atoms with Crippen molar-refractivity contribution >= 4 is 17.5 Å². The van der Waals surface area contributed by atoms with Crippen LogP contribution < -0.4 is 14.8 Å². The second-order valence-corrected chi connectivity index (χ2v) is 5.00. The average molecular weight is 284 g/mol. The summed E-state index contributed by atoms with van der Waals surface area (Å²) in [5, 5.41) is 2.96. The Bertz CT molecular complexity index is 450. The van der Waals surface area contributed by atoms with E-state index in [1.54, 1.807) is 18.2 Å². The van der Waals surface area contributed by atoms with Gasteiger partial charge in [0.15, 0.2) is 11.5 Å². The first-order valence-electron chi connectivity index (χ1n) is 6.53. The summed E-state index contributed by atoms with van der Waals surface area (Å²) in [6.07, 6.45) is 1.66. The average Bonchev–Trinajstić information content (AvgIpc) is 2.46. The number of carbonyl (C=O) groups excluding carboxylic acids is 1. The lowest BCUT2D eigenvalue weighted by atomic mass is 10.1. The van der Waals surface area contributed by atoms with Gasteiger partial charge in [0.1, 0.15) is 13.2 Å². The highest BCUT2D eigenvalue weighted by Gasteiger charge is 2.20. The van der Waals surface area contributed by atoms with Gasteiger partial charge in [-0.05, 0) is 25.0 Å². The smallest absolute Gasteiger partial charge is 0.255 e. The van der Waals surface area contributed by atoms with Gasteiger partial charge >= 0.3 is 0 Å². The zero-order valence-electron chi connectivity index (χ0n) is 10.9. The van der Waals surface area contributed by atoms with Gasteiger partial charge in [0.2, 0.25) is 0 Å². The van der Waals surface area contributed by atoms with Crippen molar-refractivity contribution in [2.24, 2.45) is 0 Å².